The van der Waals surface area contributed by atoms with Crippen LogP contribution in [0.2, 0.25) is 0 Å². The molecule has 0 radical (unpaired) electrons. The number of nitrogens with zero attached hydrogens (tertiary/aromatic N) is 2. The second-order valence-electron chi connectivity index (χ2n) is 2.34. The molecule has 2 heterocycles. The lowest BCUT2D eigenvalue weighted by Gasteiger charge is -1.88. The lowest BCUT2D eigenvalue weighted by Crippen LogP contribution is -2.27. The van der Waals surface area contributed by atoms with Gasteiger partial charge < -0.3 is 4.42 Å². The quantitative estimate of drug-likeness (QED) is 0.561. The Labute approximate surface area is 65.5 Å². The molecule has 0 aliphatic rings. The zero-order chi connectivity index (χ0) is 8.72. The molecule has 0 bridgehead atoms. The van der Waals surface area contributed by atoms with Gasteiger partial charge in [-0.3, -0.25) is 4.98 Å². The van der Waals surface area contributed by atoms with Crippen LogP contribution in [0.25, 0.3) is 5.84 Å². The summed E-state index contributed by atoms with van der Waals surface area (Å²) < 4.78 is 6.02. The molecule has 62 valence electrons. The first-order valence-corrected chi connectivity index (χ1v) is 3.25. The Bertz CT molecular complexity index is 533. The first-order valence-electron chi connectivity index (χ1n) is 3.25. The molecule has 6 nitrogen and oxygen atoms in total. The standard InChI is InChI=1S/C6H5N3O3/c1-3-2-12-6-8-4(10)7-5(11)9(3)6/h2H,1H3,(H,7,10,11). The zero-order valence-corrected chi connectivity index (χ0v) is 6.20. The van der Waals surface area contributed by atoms with Crippen LogP contribution in [0.5, 0.6) is 0 Å². The number of rotatable bonds is 0. The third-order valence-electron chi connectivity index (χ3n) is 1.49. The van der Waals surface area contributed by atoms with E-state index in [2.05, 4.69) is 4.98 Å². The molecule has 0 spiro atoms. The van der Waals surface area contributed by atoms with Crippen molar-refractivity contribution >= 4 is 5.84 Å². The topological polar surface area (TPSA) is 80.4 Å². The van der Waals surface area contributed by atoms with Gasteiger partial charge in [-0.25, -0.2) is 14.0 Å². The number of H-pyrrole nitrogens is 1. The van der Waals surface area contributed by atoms with Gasteiger partial charge in [0.2, 0.25) is 0 Å². The smallest absolute Gasteiger partial charge is 0.353 e. The Kier molecular flexibility index (Phi) is 1.18. The van der Waals surface area contributed by atoms with Crippen molar-refractivity contribution in [3.05, 3.63) is 32.9 Å². The van der Waals surface area contributed by atoms with Crippen molar-refractivity contribution < 1.29 is 4.42 Å². The van der Waals surface area contributed by atoms with Crippen molar-refractivity contribution in [3.63, 3.8) is 0 Å². The Hall–Kier alpha value is -1.85. The van der Waals surface area contributed by atoms with E-state index in [-0.39, 0.29) is 5.84 Å². The maximum Gasteiger partial charge on any atom is 0.353 e. The minimum Gasteiger partial charge on any atom is -0.431 e. The summed E-state index contributed by atoms with van der Waals surface area (Å²) in [4.78, 5) is 27.2. The second-order valence-corrected chi connectivity index (χ2v) is 2.34. The fourth-order valence-electron chi connectivity index (χ4n) is 0.980. The third-order valence-corrected chi connectivity index (χ3v) is 1.49. The highest BCUT2D eigenvalue weighted by molar-refractivity contribution is 5.22. The van der Waals surface area contributed by atoms with Crippen LogP contribution in [0.3, 0.4) is 0 Å². The molecule has 2 aromatic heterocycles. The predicted octanol–water partition coefficient (Wildman–Crippen LogP) is -0.716. The van der Waals surface area contributed by atoms with Gasteiger partial charge in [-0.15, -0.1) is 4.98 Å². The van der Waals surface area contributed by atoms with Gasteiger partial charge in [-0.05, 0) is 6.92 Å². The fourth-order valence-corrected chi connectivity index (χ4v) is 0.980. The van der Waals surface area contributed by atoms with Gasteiger partial charge in [0, 0.05) is 0 Å². The summed E-state index contributed by atoms with van der Waals surface area (Å²) in [5, 5.41) is 0. The number of nitrogens with one attached hydrogen (secondary N) is 1. The van der Waals surface area contributed by atoms with Gasteiger partial charge in [-0.2, -0.15) is 0 Å². The van der Waals surface area contributed by atoms with E-state index >= 15 is 0 Å². The number of fused-ring (bicyclic) bond motifs is 1. The lowest BCUT2D eigenvalue weighted by molar-refractivity contribution is 0.584. The minimum absolute atomic E-state index is 0.0150. The molecule has 2 rings (SSSR count). The third kappa shape index (κ3) is 0.777. The lowest BCUT2D eigenvalue weighted by atomic mass is 10.6. The first-order chi connectivity index (χ1) is 5.68. The van der Waals surface area contributed by atoms with E-state index < -0.39 is 11.4 Å². The number of aromatic nitrogens is 3. The molecule has 1 N–H and O–H groups in total. The highest BCUT2D eigenvalue weighted by Crippen LogP contribution is 1.99. The van der Waals surface area contributed by atoms with Crippen LogP contribution in [-0.4, -0.2) is 14.4 Å². The average Bonchev–Trinajstić information content (AvgIpc) is 2.31. The van der Waals surface area contributed by atoms with Gasteiger partial charge in [0.05, 0.1) is 5.69 Å². The molecular weight excluding hydrogens is 162 g/mol. The van der Waals surface area contributed by atoms with Crippen LogP contribution >= 0.6 is 0 Å². The van der Waals surface area contributed by atoms with Gasteiger partial charge in [0.1, 0.15) is 6.26 Å². The Balaban J connectivity index is 3.13. The molecule has 0 fully saturated rings. The highest BCUT2D eigenvalue weighted by atomic mass is 16.3. The van der Waals surface area contributed by atoms with Crippen LogP contribution < -0.4 is 11.4 Å². The SMILES string of the molecule is Cc1coc2nc(=O)[nH]c(=O)n12. The number of hydrogen-bond donors (Lipinski definition) is 1. The van der Waals surface area contributed by atoms with Crippen molar-refractivity contribution in [1.29, 1.82) is 0 Å². The maximum absolute atomic E-state index is 11.1. The van der Waals surface area contributed by atoms with Gasteiger partial charge in [0.25, 0.3) is 0 Å². The number of aromatic amines is 1. The molecule has 6 heteroatoms. The van der Waals surface area contributed by atoms with Crippen LogP contribution in [0.15, 0.2) is 20.3 Å². The summed E-state index contributed by atoms with van der Waals surface area (Å²) >= 11 is 0. The summed E-state index contributed by atoms with van der Waals surface area (Å²) in [6.07, 6.45) is 1.36. The molecule has 0 aliphatic heterocycles. The van der Waals surface area contributed by atoms with E-state index in [1.54, 1.807) is 6.92 Å². The van der Waals surface area contributed by atoms with Crippen molar-refractivity contribution in [2.24, 2.45) is 0 Å². The number of aryl methyl sites for hydroxylation is 1. The molecule has 0 aliphatic carbocycles. The van der Waals surface area contributed by atoms with Crippen molar-refractivity contribution in [2.45, 2.75) is 6.92 Å². The van der Waals surface area contributed by atoms with Gasteiger partial charge >= 0.3 is 17.2 Å². The zero-order valence-electron chi connectivity index (χ0n) is 6.20. The van der Waals surface area contributed by atoms with E-state index in [9.17, 15) is 9.59 Å². The predicted molar refractivity (Wildman–Crippen MR) is 39.1 cm³/mol. The Morgan fingerprint density at radius 3 is 3.08 bits per heavy atom. The molecule has 12 heavy (non-hydrogen) atoms. The normalized spacial score (nSPS) is 10.8. The van der Waals surface area contributed by atoms with Crippen LogP contribution in [0.1, 0.15) is 5.69 Å². The molecule has 0 saturated carbocycles. The number of oxazole rings is 1. The van der Waals surface area contributed by atoms with Crippen LogP contribution in [0.4, 0.5) is 0 Å². The summed E-state index contributed by atoms with van der Waals surface area (Å²) in [5.74, 6) is 0.0150. The van der Waals surface area contributed by atoms with Crippen molar-refractivity contribution in [1.82, 2.24) is 14.4 Å². The monoisotopic (exact) mass is 167 g/mol. The van der Waals surface area contributed by atoms with Crippen molar-refractivity contribution in [2.75, 3.05) is 0 Å². The van der Waals surface area contributed by atoms with Gasteiger partial charge in [0.15, 0.2) is 0 Å². The van der Waals surface area contributed by atoms with Crippen LogP contribution in [0, 0.1) is 6.92 Å². The van der Waals surface area contributed by atoms with E-state index in [1.807, 2.05) is 4.98 Å². The highest BCUT2D eigenvalue weighted by Gasteiger charge is 2.04. The molecule has 0 aromatic carbocycles. The minimum atomic E-state index is -0.700. The average molecular weight is 167 g/mol. The maximum atomic E-state index is 11.1. The van der Waals surface area contributed by atoms with Crippen LogP contribution in [-0.2, 0) is 0 Å². The second kappa shape index (κ2) is 2.07. The molecule has 2 aromatic rings. The van der Waals surface area contributed by atoms with E-state index in [4.69, 9.17) is 4.42 Å². The van der Waals surface area contributed by atoms with E-state index in [1.165, 1.54) is 10.7 Å². The molecule has 0 unspecified atom stereocenters. The van der Waals surface area contributed by atoms with Gasteiger partial charge in [-0.1, -0.05) is 0 Å². The van der Waals surface area contributed by atoms with E-state index in [0.717, 1.165) is 0 Å². The van der Waals surface area contributed by atoms with E-state index in [0.29, 0.717) is 5.69 Å². The summed E-state index contributed by atoms with van der Waals surface area (Å²) in [6, 6.07) is 0. The van der Waals surface area contributed by atoms with Crippen molar-refractivity contribution in [3.8, 4) is 0 Å². The number of hydrogen-bond acceptors (Lipinski definition) is 4. The Morgan fingerprint density at radius 1 is 1.58 bits per heavy atom. The molecular formula is C6H5N3O3. The summed E-state index contributed by atoms with van der Waals surface area (Å²) in [7, 11) is 0. The molecule has 0 amide bonds. The fraction of sp³-hybridized carbons (Fsp3) is 0.167. The summed E-state index contributed by atoms with van der Waals surface area (Å²) in [5.41, 5.74) is -0.635. The molecule has 0 saturated heterocycles. The molecule has 0 atom stereocenters. The Morgan fingerprint density at radius 2 is 2.33 bits per heavy atom. The first kappa shape index (κ1) is 6.84. The summed E-state index contributed by atoms with van der Waals surface area (Å²) in [6.45, 7) is 1.68. The largest absolute Gasteiger partial charge is 0.431 e.